The molecule has 0 aliphatic rings. The molecule has 0 spiro atoms. The zero-order valence-electron chi connectivity index (χ0n) is 11.5. The molecule has 3 aromatic rings. The third kappa shape index (κ3) is 2.80. The predicted octanol–water partition coefficient (Wildman–Crippen LogP) is 4.17. The third-order valence-electron chi connectivity index (χ3n) is 3.15. The molecule has 3 rings (SSSR count). The summed E-state index contributed by atoms with van der Waals surface area (Å²) >= 11 is 1.71. The normalized spacial score (nSPS) is 10.9. The molecule has 1 heterocycles. The van der Waals surface area contributed by atoms with Crippen molar-refractivity contribution in [1.82, 2.24) is 9.97 Å². The Hall–Kier alpha value is -1.94. The first-order chi connectivity index (χ1) is 9.74. The molecule has 0 atom stereocenters. The summed E-state index contributed by atoms with van der Waals surface area (Å²) in [7, 11) is 1.68. The molecule has 0 fully saturated rings. The molecule has 2 aromatic carbocycles. The fourth-order valence-electron chi connectivity index (χ4n) is 2.04. The summed E-state index contributed by atoms with van der Waals surface area (Å²) < 4.78 is 5.16. The number of rotatable bonds is 4. The molecule has 4 heteroatoms. The summed E-state index contributed by atoms with van der Waals surface area (Å²) in [5, 5.41) is 0.960. The molecule has 20 heavy (non-hydrogen) atoms. The highest BCUT2D eigenvalue weighted by Crippen LogP contribution is 2.24. The Bertz CT molecular complexity index is 719. The van der Waals surface area contributed by atoms with E-state index in [4.69, 9.17) is 4.74 Å². The molecule has 0 aliphatic heterocycles. The van der Waals surface area contributed by atoms with Gasteiger partial charge < -0.3 is 9.72 Å². The first-order valence-corrected chi connectivity index (χ1v) is 7.45. The molecule has 3 nitrogen and oxygen atoms in total. The highest BCUT2D eigenvalue weighted by atomic mass is 32.2. The van der Waals surface area contributed by atoms with E-state index in [2.05, 4.69) is 47.2 Å². The number of ether oxygens (including phenoxy) is 1. The van der Waals surface area contributed by atoms with Gasteiger partial charge in [0.15, 0.2) is 5.16 Å². The van der Waals surface area contributed by atoms with Crippen molar-refractivity contribution in [2.24, 2.45) is 0 Å². The number of benzene rings is 2. The number of hydrogen-bond acceptors (Lipinski definition) is 3. The number of methoxy groups -OCH3 is 1. The number of nitrogens with one attached hydrogen (secondary N) is 1. The molecule has 0 radical (unpaired) electrons. The van der Waals surface area contributed by atoms with Crippen molar-refractivity contribution in [3.05, 3.63) is 53.6 Å². The molecule has 0 unspecified atom stereocenters. The number of nitrogens with zero attached hydrogens (tertiary/aromatic N) is 1. The van der Waals surface area contributed by atoms with Crippen molar-refractivity contribution >= 4 is 22.8 Å². The van der Waals surface area contributed by atoms with Crippen molar-refractivity contribution in [1.29, 1.82) is 0 Å². The van der Waals surface area contributed by atoms with Crippen LogP contribution in [0.15, 0.2) is 47.6 Å². The van der Waals surface area contributed by atoms with Gasteiger partial charge in [-0.3, -0.25) is 0 Å². The lowest BCUT2D eigenvalue weighted by atomic mass is 10.2. The Morgan fingerprint density at radius 3 is 2.70 bits per heavy atom. The van der Waals surface area contributed by atoms with E-state index in [1.807, 2.05) is 12.1 Å². The van der Waals surface area contributed by atoms with E-state index in [1.54, 1.807) is 18.9 Å². The summed E-state index contributed by atoms with van der Waals surface area (Å²) in [6.45, 7) is 2.09. The second kappa shape index (κ2) is 5.59. The van der Waals surface area contributed by atoms with Crippen LogP contribution >= 0.6 is 11.8 Å². The molecule has 1 N–H and O–H groups in total. The van der Waals surface area contributed by atoms with Crippen LogP contribution < -0.4 is 4.74 Å². The fourth-order valence-corrected chi connectivity index (χ4v) is 2.88. The van der Waals surface area contributed by atoms with Crippen LogP contribution in [0.3, 0.4) is 0 Å². The number of imidazole rings is 1. The summed E-state index contributed by atoms with van der Waals surface area (Å²) in [4.78, 5) is 7.94. The zero-order valence-corrected chi connectivity index (χ0v) is 12.3. The fraction of sp³-hybridized carbons (Fsp3) is 0.188. The summed E-state index contributed by atoms with van der Waals surface area (Å²) in [5.74, 6) is 1.78. The van der Waals surface area contributed by atoms with E-state index in [0.717, 1.165) is 27.7 Å². The molecule has 0 aliphatic carbocycles. The van der Waals surface area contributed by atoms with E-state index in [1.165, 1.54) is 11.1 Å². The minimum Gasteiger partial charge on any atom is -0.497 e. The number of aromatic nitrogens is 2. The average molecular weight is 284 g/mol. The lowest BCUT2D eigenvalue weighted by Crippen LogP contribution is -1.84. The number of aromatic amines is 1. The number of thioether (sulfide) groups is 1. The van der Waals surface area contributed by atoms with Crippen molar-refractivity contribution in [2.75, 3.05) is 7.11 Å². The SMILES string of the molecule is COc1ccc(CSc2nc3ccc(C)cc3[nH]2)cc1. The quantitative estimate of drug-likeness (QED) is 0.731. The first-order valence-electron chi connectivity index (χ1n) is 6.47. The average Bonchev–Trinajstić information content (AvgIpc) is 2.87. The molecule has 0 saturated carbocycles. The van der Waals surface area contributed by atoms with Gasteiger partial charge in [0, 0.05) is 5.75 Å². The Labute approximate surface area is 122 Å². The Morgan fingerprint density at radius 2 is 1.95 bits per heavy atom. The maximum absolute atomic E-state index is 5.16. The van der Waals surface area contributed by atoms with Gasteiger partial charge in [0.25, 0.3) is 0 Å². The Kier molecular flexibility index (Phi) is 3.65. The zero-order chi connectivity index (χ0) is 13.9. The smallest absolute Gasteiger partial charge is 0.166 e. The van der Waals surface area contributed by atoms with Crippen molar-refractivity contribution < 1.29 is 4.74 Å². The lowest BCUT2D eigenvalue weighted by Gasteiger charge is -2.01. The molecule has 0 amide bonds. The predicted molar refractivity (Wildman–Crippen MR) is 83.4 cm³/mol. The van der Waals surface area contributed by atoms with E-state index in [0.29, 0.717) is 0 Å². The minimum atomic E-state index is 0.887. The molecule has 0 bridgehead atoms. The minimum absolute atomic E-state index is 0.887. The van der Waals surface area contributed by atoms with Gasteiger partial charge in [0.05, 0.1) is 18.1 Å². The largest absolute Gasteiger partial charge is 0.497 e. The van der Waals surface area contributed by atoms with Crippen LogP contribution in [0.4, 0.5) is 0 Å². The summed E-state index contributed by atoms with van der Waals surface area (Å²) in [5.41, 5.74) is 4.62. The van der Waals surface area contributed by atoms with Gasteiger partial charge in [-0.05, 0) is 42.3 Å². The van der Waals surface area contributed by atoms with Crippen molar-refractivity contribution in [3.63, 3.8) is 0 Å². The second-order valence-electron chi connectivity index (χ2n) is 4.70. The Balaban J connectivity index is 1.72. The maximum atomic E-state index is 5.16. The molecular weight excluding hydrogens is 268 g/mol. The molecular formula is C16H16N2OS. The standard InChI is InChI=1S/C16H16N2OS/c1-11-3-8-14-15(9-11)18-16(17-14)20-10-12-4-6-13(19-2)7-5-12/h3-9H,10H2,1-2H3,(H,17,18). The van der Waals surface area contributed by atoms with Crippen LogP contribution in [0, 0.1) is 6.92 Å². The number of hydrogen-bond donors (Lipinski definition) is 1. The van der Waals surface area contributed by atoms with Gasteiger partial charge in [-0.2, -0.15) is 0 Å². The van der Waals surface area contributed by atoms with Crippen LogP contribution in [0.2, 0.25) is 0 Å². The monoisotopic (exact) mass is 284 g/mol. The van der Waals surface area contributed by atoms with Crippen molar-refractivity contribution in [3.8, 4) is 5.75 Å². The van der Waals surface area contributed by atoms with Crippen molar-refractivity contribution in [2.45, 2.75) is 17.8 Å². The third-order valence-corrected chi connectivity index (χ3v) is 4.09. The van der Waals surface area contributed by atoms with Gasteiger partial charge in [0.1, 0.15) is 5.75 Å². The number of H-pyrrole nitrogens is 1. The Morgan fingerprint density at radius 1 is 1.15 bits per heavy atom. The van der Waals surface area contributed by atoms with Gasteiger partial charge in [-0.1, -0.05) is 30.0 Å². The van der Waals surface area contributed by atoms with Crippen LogP contribution in [0.25, 0.3) is 11.0 Å². The lowest BCUT2D eigenvalue weighted by molar-refractivity contribution is 0.414. The molecule has 102 valence electrons. The summed E-state index contributed by atoms with van der Waals surface area (Å²) in [6, 6.07) is 14.4. The highest BCUT2D eigenvalue weighted by molar-refractivity contribution is 7.98. The molecule has 1 aromatic heterocycles. The highest BCUT2D eigenvalue weighted by Gasteiger charge is 2.04. The van der Waals surface area contributed by atoms with Gasteiger partial charge in [-0.25, -0.2) is 4.98 Å². The number of aryl methyl sites for hydroxylation is 1. The van der Waals surface area contributed by atoms with Gasteiger partial charge in [-0.15, -0.1) is 0 Å². The van der Waals surface area contributed by atoms with Crippen LogP contribution in [0.1, 0.15) is 11.1 Å². The van der Waals surface area contributed by atoms with Crippen LogP contribution in [0.5, 0.6) is 5.75 Å². The first kappa shape index (κ1) is 13.1. The van der Waals surface area contributed by atoms with Gasteiger partial charge >= 0.3 is 0 Å². The van der Waals surface area contributed by atoms with E-state index in [9.17, 15) is 0 Å². The number of fused-ring (bicyclic) bond motifs is 1. The van der Waals surface area contributed by atoms with E-state index >= 15 is 0 Å². The summed E-state index contributed by atoms with van der Waals surface area (Å²) in [6.07, 6.45) is 0. The topological polar surface area (TPSA) is 37.9 Å². The van der Waals surface area contributed by atoms with Gasteiger partial charge in [0.2, 0.25) is 0 Å². The maximum Gasteiger partial charge on any atom is 0.166 e. The van der Waals surface area contributed by atoms with E-state index < -0.39 is 0 Å². The van der Waals surface area contributed by atoms with E-state index in [-0.39, 0.29) is 0 Å². The molecule has 0 saturated heterocycles. The van der Waals surface area contributed by atoms with Crippen LogP contribution in [-0.4, -0.2) is 17.1 Å². The second-order valence-corrected chi connectivity index (χ2v) is 5.66. The van der Waals surface area contributed by atoms with Crippen LogP contribution in [-0.2, 0) is 5.75 Å².